The Kier molecular flexibility index (Phi) is 3.93. The van der Waals surface area contributed by atoms with Gasteiger partial charge in [0.05, 0.1) is 11.8 Å². The van der Waals surface area contributed by atoms with E-state index in [-0.39, 0.29) is 17.1 Å². The monoisotopic (exact) mass is 306 g/mol. The standard InChI is InChI=1S/C18H14N2O3/c21-15-7-3-4-12(8-15)11-19-20-18(23)16-9-13-5-1-2-6-14(13)10-17(16)22/h1-11,21-22H,(H,20,23)/b19-11-. The molecule has 0 aliphatic heterocycles. The first-order valence-corrected chi connectivity index (χ1v) is 6.98. The van der Waals surface area contributed by atoms with Crippen LogP contribution in [0.3, 0.4) is 0 Å². The summed E-state index contributed by atoms with van der Waals surface area (Å²) in [4.78, 5) is 12.1. The van der Waals surface area contributed by atoms with Crippen molar-refractivity contribution in [2.24, 2.45) is 5.10 Å². The van der Waals surface area contributed by atoms with Gasteiger partial charge in [0.15, 0.2) is 0 Å². The molecule has 0 unspecified atom stereocenters. The normalized spacial score (nSPS) is 11.0. The summed E-state index contributed by atoms with van der Waals surface area (Å²) in [6.45, 7) is 0. The van der Waals surface area contributed by atoms with Gasteiger partial charge in [-0.15, -0.1) is 0 Å². The zero-order valence-electron chi connectivity index (χ0n) is 12.1. The van der Waals surface area contributed by atoms with Crippen molar-refractivity contribution < 1.29 is 15.0 Å². The maximum absolute atomic E-state index is 12.1. The fourth-order valence-electron chi connectivity index (χ4n) is 2.24. The van der Waals surface area contributed by atoms with Crippen molar-refractivity contribution in [2.45, 2.75) is 0 Å². The number of benzene rings is 3. The second-order valence-corrected chi connectivity index (χ2v) is 5.01. The van der Waals surface area contributed by atoms with E-state index < -0.39 is 5.91 Å². The highest BCUT2D eigenvalue weighted by atomic mass is 16.3. The number of nitrogens with zero attached hydrogens (tertiary/aromatic N) is 1. The van der Waals surface area contributed by atoms with E-state index >= 15 is 0 Å². The molecule has 0 aliphatic carbocycles. The van der Waals surface area contributed by atoms with Crippen LogP contribution in [0, 0.1) is 0 Å². The number of rotatable bonds is 3. The van der Waals surface area contributed by atoms with E-state index in [1.807, 2.05) is 24.3 Å². The van der Waals surface area contributed by atoms with Crippen molar-refractivity contribution in [1.29, 1.82) is 0 Å². The lowest BCUT2D eigenvalue weighted by Crippen LogP contribution is -2.17. The summed E-state index contributed by atoms with van der Waals surface area (Å²) in [5.74, 6) is -0.495. The first kappa shape index (κ1) is 14.6. The van der Waals surface area contributed by atoms with Gasteiger partial charge < -0.3 is 10.2 Å². The van der Waals surface area contributed by atoms with E-state index in [1.54, 1.807) is 30.3 Å². The smallest absolute Gasteiger partial charge is 0.275 e. The molecule has 5 nitrogen and oxygen atoms in total. The third-order valence-corrected chi connectivity index (χ3v) is 3.36. The van der Waals surface area contributed by atoms with E-state index in [0.717, 1.165) is 10.8 Å². The Balaban J connectivity index is 1.79. The van der Waals surface area contributed by atoms with Crippen LogP contribution < -0.4 is 5.43 Å². The maximum atomic E-state index is 12.1. The topological polar surface area (TPSA) is 81.9 Å². The molecule has 3 aromatic rings. The molecule has 0 atom stereocenters. The number of carbonyl (C=O) groups excluding carboxylic acids is 1. The molecule has 0 saturated heterocycles. The van der Waals surface area contributed by atoms with Gasteiger partial charge in [0.1, 0.15) is 11.5 Å². The number of hydrazone groups is 1. The predicted octanol–water partition coefficient (Wildman–Crippen LogP) is 3.01. The molecule has 0 aliphatic rings. The van der Waals surface area contributed by atoms with Gasteiger partial charge in [0.25, 0.3) is 5.91 Å². The summed E-state index contributed by atoms with van der Waals surface area (Å²) in [6, 6.07) is 17.1. The van der Waals surface area contributed by atoms with Crippen LogP contribution in [0.2, 0.25) is 0 Å². The van der Waals surface area contributed by atoms with Crippen molar-refractivity contribution in [3.05, 3.63) is 71.8 Å². The number of carbonyl (C=O) groups is 1. The molecule has 23 heavy (non-hydrogen) atoms. The van der Waals surface area contributed by atoms with Crippen LogP contribution in [-0.4, -0.2) is 22.3 Å². The van der Waals surface area contributed by atoms with Crippen LogP contribution in [-0.2, 0) is 0 Å². The van der Waals surface area contributed by atoms with Gasteiger partial charge in [-0.1, -0.05) is 36.4 Å². The third kappa shape index (κ3) is 3.29. The second kappa shape index (κ2) is 6.19. The zero-order valence-corrected chi connectivity index (χ0v) is 12.1. The van der Waals surface area contributed by atoms with Crippen LogP contribution in [0.1, 0.15) is 15.9 Å². The third-order valence-electron chi connectivity index (χ3n) is 3.36. The number of hydrogen-bond donors (Lipinski definition) is 3. The number of nitrogens with one attached hydrogen (secondary N) is 1. The number of aromatic hydroxyl groups is 2. The van der Waals surface area contributed by atoms with Crippen molar-refractivity contribution in [3.8, 4) is 11.5 Å². The van der Waals surface area contributed by atoms with Gasteiger partial charge in [-0.2, -0.15) is 5.10 Å². The quantitative estimate of drug-likeness (QED) is 0.514. The Morgan fingerprint density at radius 1 is 0.957 bits per heavy atom. The van der Waals surface area contributed by atoms with E-state index in [2.05, 4.69) is 10.5 Å². The molecule has 0 saturated carbocycles. The number of phenolic OH excluding ortho intramolecular Hbond substituents is 2. The zero-order chi connectivity index (χ0) is 16.2. The van der Waals surface area contributed by atoms with Crippen LogP contribution in [0.25, 0.3) is 10.8 Å². The molecule has 114 valence electrons. The van der Waals surface area contributed by atoms with Crippen molar-refractivity contribution >= 4 is 22.9 Å². The van der Waals surface area contributed by atoms with Gasteiger partial charge in [-0.3, -0.25) is 4.79 Å². The Morgan fingerprint density at radius 2 is 1.70 bits per heavy atom. The summed E-state index contributed by atoms with van der Waals surface area (Å²) in [5.41, 5.74) is 3.16. The van der Waals surface area contributed by atoms with Gasteiger partial charge in [0, 0.05) is 0 Å². The maximum Gasteiger partial charge on any atom is 0.275 e. The Labute approximate surface area is 132 Å². The molecular formula is C18H14N2O3. The lowest BCUT2D eigenvalue weighted by atomic mass is 10.1. The first-order valence-electron chi connectivity index (χ1n) is 6.98. The van der Waals surface area contributed by atoms with E-state index in [9.17, 15) is 15.0 Å². The van der Waals surface area contributed by atoms with Gasteiger partial charge in [-0.25, -0.2) is 5.43 Å². The molecule has 0 heterocycles. The minimum Gasteiger partial charge on any atom is -0.508 e. The Hall–Kier alpha value is -3.34. The summed E-state index contributed by atoms with van der Waals surface area (Å²) >= 11 is 0. The molecule has 0 fully saturated rings. The average molecular weight is 306 g/mol. The largest absolute Gasteiger partial charge is 0.508 e. The van der Waals surface area contributed by atoms with Crippen LogP contribution >= 0.6 is 0 Å². The fourth-order valence-corrected chi connectivity index (χ4v) is 2.24. The van der Waals surface area contributed by atoms with Crippen molar-refractivity contribution in [3.63, 3.8) is 0 Å². The molecule has 0 aromatic heterocycles. The molecule has 3 aromatic carbocycles. The molecular weight excluding hydrogens is 292 g/mol. The van der Waals surface area contributed by atoms with Crippen molar-refractivity contribution in [2.75, 3.05) is 0 Å². The molecule has 3 N–H and O–H groups in total. The average Bonchev–Trinajstić information content (AvgIpc) is 2.54. The van der Waals surface area contributed by atoms with Crippen LogP contribution in [0.15, 0.2) is 65.8 Å². The SMILES string of the molecule is O=C(N/N=C\c1cccc(O)c1)c1cc2ccccc2cc1O. The summed E-state index contributed by atoms with van der Waals surface area (Å²) in [5, 5.41) is 24.9. The number of fused-ring (bicyclic) bond motifs is 1. The Bertz CT molecular complexity index is 904. The fraction of sp³-hybridized carbons (Fsp3) is 0. The van der Waals surface area contributed by atoms with E-state index in [4.69, 9.17) is 0 Å². The summed E-state index contributed by atoms with van der Waals surface area (Å²) < 4.78 is 0. The molecule has 0 spiro atoms. The Morgan fingerprint density at radius 3 is 2.43 bits per heavy atom. The lowest BCUT2D eigenvalue weighted by Gasteiger charge is -2.05. The minimum absolute atomic E-state index is 0.103. The molecule has 3 rings (SSSR count). The molecule has 1 amide bonds. The highest BCUT2D eigenvalue weighted by Gasteiger charge is 2.11. The summed E-state index contributed by atoms with van der Waals surface area (Å²) in [6.07, 6.45) is 1.41. The van der Waals surface area contributed by atoms with Crippen LogP contribution in [0.4, 0.5) is 0 Å². The minimum atomic E-state index is -0.510. The second-order valence-electron chi connectivity index (χ2n) is 5.01. The highest BCUT2D eigenvalue weighted by molar-refractivity contribution is 6.01. The number of hydrogen-bond acceptors (Lipinski definition) is 4. The molecule has 0 bridgehead atoms. The van der Waals surface area contributed by atoms with Crippen LogP contribution in [0.5, 0.6) is 11.5 Å². The predicted molar refractivity (Wildman–Crippen MR) is 88.8 cm³/mol. The number of amides is 1. The molecule has 0 radical (unpaired) electrons. The highest BCUT2D eigenvalue weighted by Crippen LogP contribution is 2.24. The lowest BCUT2D eigenvalue weighted by molar-refractivity contribution is 0.0952. The van der Waals surface area contributed by atoms with Gasteiger partial charge >= 0.3 is 0 Å². The van der Waals surface area contributed by atoms with Gasteiger partial charge in [-0.05, 0) is 40.6 Å². The van der Waals surface area contributed by atoms with E-state index in [0.29, 0.717) is 5.56 Å². The first-order chi connectivity index (χ1) is 11.1. The molecule has 5 heteroatoms. The van der Waals surface area contributed by atoms with E-state index in [1.165, 1.54) is 12.3 Å². The van der Waals surface area contributed by atoms with Gasteiger partial charge in [0.2, 0.25) is 0 Å². The number of phenols is 2. The summed E-state index contributed by atoms with van der Waals surface area (Å²) in [7, 11) is 0. The van der Waals surface area contributed by atoms with Crippen molar-refractivity contribution in [1.82, 2.24) is 5.43 Å².